The molecule has 9 heteroatoms. The maximum Gasteiger partial charge on any atom is 0.410 e. The largest absolute Gasteiger partial charge is 0.445 e. The van der Waals surface area contributed by atoms with Crippen LogP contribution in [0.2, 0.25) is 0 Å². The maximum atomic E-state index is 12.0. The number of benzene rings is 2. The van der Waals surface area contributed by atoms with Gasteiger partial charge in [-0.3, -0.25) is 0 Å². The van der Waals surface area contributed by atoms with E-state index >= 15 is 0 Å². The van der Waals surface area contributed by atoms with Crippen LogP contribution >= 0.6 is 0 Å². The third kappa shape index (κ3) is 8.57. The summed E-state index contributed by atoms with van der Waals surface area (Å²) in [4.78, 5) is 48.6. The zero-order chi connectivity index (χ0) is 22.6. The van der Waals surface area contributed by atoms with Crippen LogP contribution in [0.5, 0.6) is 0 Å². The molecule has 0 heterocycles. The van der Waals surface area contributed by atoms with Gasteiger partial charge in [0.15, 0.2) is 0 Å². The highest BCUT2D eigenvalue weighted by atomic mass is 16.6. The number of hydrogen-bond donors (Lipinski definition) is 1. The third-order valence-electron chi connectivity index (χ3n) is 4.00. The van der Waals surface area contributed by atoms with Gasteiger partial charge in [0, 0.05) is 7.05 Å². The Kier molecular flexibility index (Phi) is 9.03. The topological polar surface area (TPSA) is 111 Å². The molecule has 2 aromatic rings. The van der Waals surface area contributed by atoms with E-state index in [1.54, 1.807) is 36.4 Å². The molecule has 1 atom stereocenters. The van der Waals surface area contributed by atoms with Gasteiger partial charge in [-0.1, -0.05) is 60.7 Å². The summed E-state index contributed by atoms with van der Waals surface area (Å²) in [6, 6.07) is 16.9. The first-order valence-corrected chi connectivity index (χ1v) is 9.48. The van der Waals surface area contributed by atoms with E-state index in [0.717, 1.165) is 16.0 Å². The van der Waals surface area contributed by atoms with Crippen LogP contribution < -0.4 is 5.32 Å². The van der Waals surface area contributed by atoms with Crippen molar-refractivity contribution >= 4 is 24.1 Å². The van der Waals surface area contributed by atoms with Crippen LogP contribution in [-0.4, -0.2) is 48.7 Å². The van der Waals surface area contributed by atoms with E-state index in [1.807, 2.05) is 24.3 Å². The number of carbonyl (C=O) groups is 4. The fourth-order valence-corrected chi connectivity index (χ4v) is 2.32. The van der Waals surface area contributed by atoms with Gasteiger partial charge in [-0.15, -0.1) is 0 Å². The molecule has 164 valence electrons. The van der Waals surface area contributed by atoms with Crippen molar-refractivity contribution in [1.82, 2.24) is 10.2 Å². The van der Waals surface area contributed by atoms with Gasteiger partial charge in [-0.2, -0.15) is 0 Å². The lowest BCUT2D eigenvalue weighted by Gasteiger charge is -2.17. The SMILES string of the molecule is C[C@H](NC(=O)OCc1ccccc1)C(=O)OC(=O)CN(C)C(=O)OCc1ccccc1. The van der Waals surface area contributed by atoms with Gasteiger partial charge in [-0.05, 0) is 18.1 Å². The molecule has 9 nitrogen and oxygen atoms in total. The summed E-state index contributed by atoms with van der Waals surface area (Å²) >= 11 is 0. The van der Waals surface area contributed by atoms with Crippen LogP contribution in [0.3, 0.4) is 0 Å². The fourth-order valence-electron chi connectivity index (χ4n) is 2.32. The second kappa shape index (κ2) is 12.0. The summed E-state index contributed by atoms with van der Waals surface area (Å²) < 4.78 is 14.7. The molecule has 2 aromatic carbocycles. The van der Waals surface area contributed by atoms with Gasteiger partial charge in [0.25, 0.3) is 0 Å². The number of esters is 2. The number of hydrogen-bond acceptors (Lipinski definition) is 7. The average molecular weight is 428 g/mol. The van der Waals surface area contributed by atoms with Crippen molar-refractivity contribution < 1.29 is 33.4 Å². The smallest absolute Gasteiger partial charge is 0.410 e. The van der Waals surface area contributed by atoms with Crippen LogP contribution in [0.25, 0.3) is 0 Å². The predicted molar refractivity (Wildman–Crippen MR) is 110 cm³/mol. The molecule has 0 unspecified atom stereocenters. The number of rotatable bonds is 8. The van der Waals surface area contributed by atoms with Crippen molar-refractivity contribution in [2.45, 2.75) is 26.2 Å². The first-order chi connectivity index (χ1) is 14.8. The summed E-state index contributed by atoms with van der Waals surface area (Å²) in [7, 11) is 1.34. The standard InChI is InChI=1S/C22H24N2O7/c1-16(23-21(27)29-14-17-9-5-3-6-10-17)20(26)31-19(25)13-24(2)22(28)30-15-18-11-7-4-8-12-18/h3-12,16H,13-15H2,1-2H3,(H,23,27)/t16-/m0/s1. The average Bonchev–Trinajstić information content (AvgIpc) is 2.77. The highest BCUT2D eigenvalue weighted by Gasteiger charge is 2.23. The lowest BCUT2D eigenvalue weighted by Crippen LogP contribution is -2.42. The van der Waals surface area contributed by atoms with Crippen molar-refractivity contribution in [2.24, 2.45) is 0 Å². The van der Waals surface area contributed by atoms with E-state index in [0.29, 0.717) is 0 Å². The number of nitrogens with one attached hydrogen (secondary N) is 1. The number of ether oxygens (including phenoxy) is 3. The lowest BCUT2D eigenvalue weighted by molar-refractivity contribution is -0.161. The van der Waals surface area contributed by atoms with E-state index in [4.69, 9.17) is 9.47 Å². The quantitative estimate of drug-likeness (QED) is 0.391. The molecule has 0 aromatic heterocycles. The van der Waals surface area contributed by atoms with Gasteiger partial charge in [0.1, 0.15) is 25.8 Å². The van der Waals surface area contributed by atoms with E-state index in [2.05, 4.69) is 10.1 Å². The van der Waals surface area contributed by atoms with Crippen LogP contribution in [0.4, 0.5) is 9.59 Å². The molecule has 0 spiro atoms. The van der Waals surface area contributed by atoms with Crippen LogP contribution in [0.1, 0.15) is 18.1 Å². The first kappa shape index (κ1) is 23.4. The first-order valence-electron chi connectivity index (χ1n) is 9.48. The lowest BCUT2D eigenvalue weighted by atomic mass is 10.2. The highest BCUT2D eigenvalue weighted by Crippen LogP contribution is 2.03. The van der Waals surface area contributed by atoms with Crippen LogP contribution in [0, 0.1) is 0 Å². The van der Waals surface area contributed by atoms with E-state index < -0.39 is 36.7 Å². The molecule has 0 radical (unpaired) electrons. The van der Waals surface area contributed by atoms with Gasteiger partial charge >= 0.3 is 24.1 Å². The maximum absolute atomic E-state index is 12.0. The Balaban J connectivity index is 1.69. The summed E-state index contributed by atoms with van der Waals surface area (Å²) in [5.74, 6) is -1.94. The Morgan fingerprint density at radius 2 is 1.39 bits per heavy atom. The van der Waals surface area contributed by atoms with Crippen molar-refractivity contribution in [3.05, 3.63) is 71.8 Å². The molecule has 2 amide bonds. The zero-order valence-electron chi connectivity index (χ0n) is 17.3. The molecule has 0 saturated heterocycles. The molecule has 2 rings (SSSR count). The zero-order valence-corrected chi connectivity index (χ0v) is 17.3. The molecule has 0 aliphatic carbocycles. The Bertz CT molecular complexity index is 887. The molecule has 0 aliphatic heterocycles. The Hall–Kier alpha value is -3.88. The third-order valence-corrected chi connectivity index (χ3v) is 4.00. The Labute approximate surface area is 179 Å². The Morgan fingerprint density at radius 1 is 0.871 bits per heavy atom. The molecule has 1 N–H and O–H groups in total. The van der Waals surface area contributed by atoms with Crippen LogP contribution in [-0.2, 0) is 37.0 Å². The highest BCUT2D eigenvalue weighted by molar-refractivity contribution is 5.91. The van der Waals surface area contributed by atoms with Crippen molar-refractivity contribution in [1.29, 1.82) is 0 Å². The number of likely N-dealkylation sites (N-methyl/N-ethyl adjacent to an activating group) is 1. The van der Waals surface area contributed by atoms with Crippen LogP contribution in [0.15, 0.2) is 60.7 Å². The molecule has 31 heavy (non-hydrogen) atoms. The van der Waals surface area contributed by atoms with Crippen molar-refractivity contribution in [2.75, 3.05) is 13.6 Å². The molecular formula is C22H24N2O7. The number of nitrogens with zero attached hydrogens (tertiary/aromatic N) is 1. The van der Waals surface area contributed by atoms with Crippen molar-refractivity contribution in [3.63, 3.8) is 0 Å². The minimum atomic E-state index is -1.12. The number of amides is 2. The van der Waals surface area contributed by atoms with E-state index in [-0.39, 0.29) is 13.2 Å². The van der Waals surface area contributed by atoms with Crippen molar-refractivity contribution in [3.8, 4) is 0 Å². The second-order valence-corrected chi connectivity index (χ2v) is 6.62. The number of carbonyl (C=O) groups excluding carboxylic acids is 4. The van der Waals surface area contributed by atoms with Gasteiger partial charge in [0.2, 0.25) is 0 Å². The molecule has 0 aliphatic rings. The minimum absolute atomic E-state index is 0.0310. The summed E-state index contributed by atoms with van der Waals surface area (Å²) in [5, 5.41) is 2.28. The van der Waals surface area contributed by atoms with E-state index in [1.165, 1.54) is 14.0 Å². The molecule has 0 fully saturated rings. The molecular weight excluding hydrogens is 404 g/mol. The Morgan fingerprint density at radius 3 is 1.94 bits per heavy atom. The summed E-state index contributed by atoms with van der Waals surface area (Å²) in [5.41, 5.74) is 1.58. The summed E-state index contributed by atoms with van der Waals surface area (Å²) in [6.45, 7) is 0.926. The minimum Gasteiger partial charge on any atom is -0.445 e. The fraction of sp³-hybridized carbons (Fsp3) is 0.273. The number of alkyl carbamates (subject to hydrolysis) is 1. The summed E-state index contributed by atoms with van der Waals surface area (Å²) in [6.07, 6.45) is -1.58. The normalized spacial score (nSPS) is 11.0. The molecule has 0 bridgehead atoms. The molecule has 0 saturated carbocycles. The monoisotopic (exact) mass is 428 g/mol. The van der Waals surface area contributed by atoms with Gasteiger partial charge in [-0.25, -0.2) is 19.2 Å². The second-order valence-electron chi connectivity index (χ2n) is 6.62. The van der Waals surface area contributed by atoms with E-state index in [9.17, 15) is 19.2 Å². The van der Waals surface area contributed by atoms with Gasteiger partial charge < -0.3 is 24.4 Å². The van der Waals surface area contributed by atoms with Gasteiger partial charge in [0.05, 0.1) is 0 Å². The predicted octanol–water partition coefficient (Wildman–Crippen LogP) is 2.64.